The fourth-order valence-corrected chi connectivity index (χ4v) is 2.88. The molecule has 2 rings (SSSR count). The standard InChI is InChI=1S/C13H19N5O2S/c1-9(2)14-6-11-7-16-17-13(11)21(19,20)18-12-5-4-10(3)15-8-12/h4-5,7-9,14,18H,6H2,1-3H3,(H,16,17). The fourth-order valence-electron chi connectivity index (χ4n) is 1.71. The van der Waals surface area contributed by atoms with Gasteiger partial charge >= 0.3 is 0 Å². The minimum Gasteiger partial charge on any atom is -0.310 e. The number of nitrogens with zero attached hydrogens (tertiary/aromatic N) is 2. The average molecular weight is 309 g/mol. The first-order chi connectivity index (χ1) is 9.88. The lowest BCUT2D eigenvalue weighted by Gasteiger charge is -2.10. The van der Waals surface area contributed by atoms with E-state index in [0.717, 1.165) is 5.69 Å². The molecule has 2 heterocycles. The Hall–Kier alpha value is -1.93. The van der Waals surface area contributed by atoms with Crippen molar-refractivity contribution in [3.05, 3.63) is 35.8 Å². The van der Waals surface area contributed by atoms with Gasteiger partial charge in [-0.15, -0.1) is 0 Å². The fraction of sp³-hybridized carbons (Fsp3) is 0.385. The maximum absolute atomic E-state index is 12.4. The number of anilines is 1. The van der Waals surface area contributed by atoms with Gasteiger partial charge in [0.2, 0.25) is 0 Å². The highest BCUT2D eigenvalue weighted by Crippen LogP contribution is 2.17. The molecule has 21 heavy (non-hydrogen) atoms. The molecule has 0 saturated heterocycles. The van der Waals surface area contributed by atoms with Crippen LogP contribution in [0.25, 0.3) is 0 Å². The minimum absolute atomic E-state index is 0.0659. The van der Waals surface area contributed by atoms with Crippen LogP contribution in [-0.2, 0) is 16.6 Å². The van der Waals surface area contributed by atoms with Gasteiger partial charge in [-0.3, -0.25) is 14.8 Å². The van der Waals surface area contributed by atoms with Crippen molar-refractivity contribution >= 4 is 15.7 Å². The highest BCUT2D eigenvalue weighted by Gasteiger charge is 2.21. The number of H-pyrrole nitrogens is 1. The van der Waals surface area contributed by atoms with E-state index in [4.69, 9.17) is 0 Å². The Labute approximate surface area is 124 Å². The van der Waals surface area contributed by atoms with E-state index in [0.29, 0.717) is 17.8 Å². The van der Waals surface area contributed by atoms with Gasteiger partial charge in [-0.1, -0.05) is 13.8 Å². The SMILES string of the molecule is Cc1ccc(NS(=O)(=O)c2[nH]ncc2CNC(C)C)cn1. The van der Waals surface area contributed by atoms with E-state index >= 15 is 0 Å². The highest BCUT2D eigenvalue weighted by atomic mass is 32.2. The van der Waals surface area contributed by atoms with E-state index in [1.807, 2.05) is 20.8 Å². The van der Waals surface area contributed by atoms with Crippen molar-refractivity contribution in [1.82, 2.24) is 20.5 Å². The van der Waals surface area contributed by atoms with E-state index < -0.39 is 10.0 Å². The summed E-state index contributed by atoms with van der Waals surface area (Å²) in [6, 6.07) is 3.67. The molecule has 0 aliphatic heterocycles. The molecule has 0 saturated carbocycles. The number of rotatable bonds is 6. The third-order valence-corrected chi connectivity index (χ3v) is 4.21. The smallest absolute Gasteiger partial charge is 0.279 e. The van der Waals surface area contributed by atoms with Crippen molar-refractivity contribution < 1.29 is 8.42 Å². The number of hydrogen-bond acceptors (Lipinski definition) is 5. The third-order valence-electron chi connectivity index (χ3n) is 2.81. The van der Waals surface area contributed by atoms with Gasteiger partial charge in [-0.05, 0) is 19.1 Å². The lowest BCUT2D eigenvalue weighted by Crippen LogP contribution is -2.23. The molecule has 8 heteroatoms. The van der Waals surface area contributed by atoms with Crippen molar-refractivity contribution in [2.24, 2.45) is 0 Å². The van der Waals surface area contributed by atoms with Crippen molar-refractivity contribution in [3.8, 4) is 0 Å². The molecule has 0 radical (unpaired) electrons. The number of sulfonamides is 1. The van der Waals surface area contributed by atoms with Crippen LogP contribution in [0.15, 0.2) is 29.6 Å². The summed E-state index contributed by atoms with van der Waals surface area (Å²) in [6.07, 6.45) is 2.99. The Morgan fingerprint density at radius 3 is 2.67 bits per heavy atom. The van der Waals surface area contributed by atoms with Crippen LogP contribution in [-0.4, -0.2) is 29.6 Å². The van der Waals surface area contributed by atoms with Gasteiger partial charge in [0.05, 0.1) is 18.1 Å². The largest absolute Gasteiger partial charge is 0.310 e. The lowest BCUT2D eigenvalue weighted by molar-refractivity contribution is 0.574. The molecule has 0 amide bonds. The van der Waals surface area contributed by atoms with Gasteiger partial charge in [0.15, 0.2) is 5.03 Å². The second-order valence-electron chi connectivity index (χ2n) is 5.05. The van der Waals surface area contributed by atoms with Crippen LogP contribution >= 0.6 is 0 Å². The van der Waals surface area contributed by atoms with Crippen LogP contribution in [0.1, 0.15) is 25.1 Å². The zero-order chi connectivity index (χ0) is 15.5. The maximum atomic E-state index is 12.4. The van der Waals surface area contributed by atoms with Crippen LogP contribution in [0.2, 0.25) is 0 Å². The number of nitrogens with one attached hydrogen (secondary N) is 3. The number of pyridine rings is 1. The Morgan fingerprint density at radius 1 is 1.29 bits per heavy atom. The molecule has 7 nitrogen and oxygen atoms in total. The first-order valence-electron chi connectivity index (χ1n) is 6.59. The molecular weight excluding hydrogens is 290 g/mol. The number of aromatic nitrogens is 3. The number of aromatic amines is 1. The Kier molecular flexibility index (Phi) is 4.59. The molecule has 2 aromatic rings. The molecule has 0 aliphatic rings. The van der Waals surface area contributed by atoms with Crippen LogP contribution in [0.5, 0.6) is 0 Å². The molecular formula is C13H19N5O2S. The van der Waals surface area contributed by atoms with Crippen molar-refractivity contribution in [1.29, 1.82) is 0 Å². The summed E-state index contributed by atoms with van der Waals surface area (Å²) in [5, 5.41) is 9.60. The van der Waals surface area contributed by atoms with E-state index in [2.05, 4.69) is 25.2 Å². The first-order valence-corrected chi connectivity index (χ1v) is 8.08. The van der Waals surface area contributed by atoms with Gasteiger partial charge in [-0.25, -0.2) is 0 Å². The Balaban J connectivity index is 2.19. The quantitative estimate of drug-likeness (QED) is 0.749. The zero-order valence-corrected chi connectivity index (χ0v) is 13.0. The summed E-state index contributed by atoms with van der Waals surface area (Å²) < 4.78 is 27.2. The van der Waals surface area contributed by atoms with Crippen molar-refractivity contribution in [2.45, 2.75) is 38.4 Å². The monoisotopic (exact) mass is 309 g/mol. The Morgan fingerprint density at radius 2 is 2.05 bits per heavy atom. The molecule has 114 valence electrons. The second kappa shape index (κ2) is 6.23. The van der Waals surface area contributed by atoms with Crippen LogP contribution < -0.4 is 10.0 Å². The molecule has 3 N–H and O–H groups in total. The van der Waals surface area contributed by atoms with Gasteiger partial charge < -0.3 is 5.32 Å². The van der Waals surface area contributed by atoms with Gasteiger partial charge in [0.1, 0.15) is 0 Å². The Bertz CT molecular complexity index is 692. The molecule has 0 atom stereocenters. The van der Waals surface area contributed by atoms with Crippen LogP contribution in [0.3, 0.4) is 0 Å². The van der Waals surface area contributed by atoms with E-state index in [-0.39, 0.29) is 11.1 Å². The molecule has 0 aromatic carbocycles. The van der Waals surface area contributed by atoms with Crippen LogP contribution in [0.4, 0.5) is 5.69 Å². The van der Waals surface area contributed by atoms with Gasteiger partial charge in [0, 0.05) is 23.8 Å². The number of hydrogen-bond donors (Lipinski definition) is 3. The predicted octanol–water partition coefficient (Wildman–Crippen LogP) is 1.41. The molecule has 2 aromatic heterocycles. The predicted molar refractivity (Wildman–Crippen MR) is 80.3 cm³/mol. The zero-order valence-electron chi connectivity index (χ0n) is 12.2. The summed E-state index contributed by atoms with van der Waals surface area (Å²) in [7, 11) is -3.71. The molecule has 0 fully saturated rings. The summed E-state index contributed by atoms with van der Waals surface area (Å²) in [5.41, 5.74) is 1.83. The first kappa shape index (κ1) is 15.5. The maximum Gasteiger partial charge on any atom is 0.279 e. The molecule has 0 unspecified atom stereocenters. The van der Waals surface area contributed by atoms with Gasteiger partial charge in [-0.2, -0.15) is 13.5 Å². The molecule has 0 bridgehead atoms. The van der Waals surface area contributed by atoms with Crippen LogP contribution in [0, 0.1) is 6.92 Å². The molecule has 0 aliphatic carbocycles. The minimum atomic E-state index is -3.71. The molecule has 0 spiro atoms. The number of aryl methyl sites for hydroxylation is 1. The highest BCUT2D eigenvalue weighted by molar-refractivity contribution is 7.92. The summed E-state index contributed by atoms with van der Waals surface area (Å²) in [5.74, 6) is 0. The van der Waals surface area contributed by atoms with E-state index in [9.17, 15) is 8.42 Å². The van der Waals surface area contributed by atoms with Crippen molar-refractivity contribution in [2.75, 3.05) is 4.72 Å². The van der Waals surface area contributed by atoms with Gasteiger partial charge in [0.25, 0.3) is 10.0 Å². The van der Waals surface area contributed by atoms with E-state index in [1.165, 1.54) is 12.4 Å². The summed E-state index contributed by atoms with van der Waals surface area (Å²) >= 11 is 0. The third kappa shape index (κ3) is 4.02. The summed E-state index contributed by atoms with van der Waals surface area (Å²) in [6.45, 7) is 6.24. The summed E-state index contributed by atoms with van der Waals surface area (Å²) in [4.78, 5) is 4.06. The van der Waals surface area contributed by atoms with E-state index in [1.54, 1.807) is 12.1 Å². The second-order valence-corrected chi connectivity index (χ2v) is 6.67. The normalized spacial score (nSPS) is 11.8. The van der Waals surface area contributed by atoms with Crippen molar-refractivity contribution in [3.63, 3.8) is 0 Å². The lowest BCUT2D eigenvalue weighted by atomic mass is 10.3. The average Bonchev–Trinajstić information content (AvgIpc) is 2.88. The topological polar surface area (TPSA) is 99.8 Å².